The molecule has 1 N–H and O–H groups in total. The predicted octanol–water partition coefficient (Wildman–Crippen LogP) is 2.49. The lowest BCUT2D eigenvalue weighted by atomic mass is 9.86. The molecule has 1 aliphatic carbocycles. The standard InChI is InChI=1S/C14H28N2/c1-5-14(7-8-14)10-16-9-6-13(15-4)11(2)12(16)3/h11-13,15H,5-10H2,1-4H3. The van der Waals surface area contributed by atoms with Gasteiger partial charge >= 0.3 is 0 Å². The van der Waals surface area contributed by atoms with Crippen LogP contribution in [-0.2, 0) is 0 Å². The maximum absolute atomic E-state index is 3.47. The zero-order valence-electron chi connectivity index (χ0n) is 11.4. The Kier molecular flexibility index (Phi) is 3.60. The normalized spacial score (nSPS) is 38.6. The monoisotopic (exact) mass is 224 g/mol. The molecular weight excluding hydrogens is 196 g/mol. The lowest BCUT2D eigenvalue weighted by molar-refractivity contribution is 0.0673. The summed E-state index contributed by atoms with van der Waals surface area (Å²) in [6.07, 6.45) is 5.63. The van der Waals surface area contributed by atoms with Gasteiger partial charge in [-0.1, -0.05) is 13.8 Å². The number of nitrogens with zero attached hydrogens (tertiary/aromatic N) is 1. The summed E-state index contributed by atoms with van der Waals surface area (Å²) >= 11 is 0. The lowest BCUT2D eigenvalue weighted by Crippen LogP contribution is -2.53. The first-order valence-electron chi connectivity index (χ1n) is 7.03. The number of rotatable bonds is 4. The molecule has 94 valence electrons. The van der Waals surface area contributed by atoms with E-state index < -0.39 is 0 Å². The summed E-state index contributed by atoms with van der Waals surface area (Å²) in [7, 11) is 2.11. The van der Waals surface area contributed by atoms with Crippen LogP contribution in [0.5, 0.6) is 0 Å². The molecule has 2 nitrogen and oxygen atoms in total. The Labute approximate surface area is 101 Å². The molecule has 3 unspecified atom stereocenters. The molecule has 1 heterocycles. The van der Waals surface area contributed by atoms with E-state index in [4.69, 9.17) is 0 Å². The third-order valence-electron chi connectivity index (χ3n) is 5.32. The highest BCUT2D eigenvalue weighted by Gasteiger charge is 2.44. The van der Waals surface area contributed by atoms with E-state index >= 15 is 0 Å². The van der Waals surface area contributed by atoms with Gasteiger partial charge in [-0.25, -0.2) is 0 Å². The highest BCUT2D eigenvalue weighted by Crippen LogP contribution is 2.49. The molecule has 0 radical (unpaired) electrons. The van der Waals surface area contributed by atoms with E-state index in [1.807, 2.05) is 0 Å². The molecule has 0 bridgehead atoms. The number of piperidine rings is 1. The topological polar surface area (TPSA) is 15.3 Å². The molecule has 16 heavy (non-hydrogen) atoms. The number of nitrogens with one attached hydrogen (secondary N) is 1. The summed E-state index contributed by atoms with van der Waals surface area (Å²) in [6.45, 7) is 9.83. The molecule has 2 heteroatoms. The van der Waals surface area contributed by atoms with Crippen LogP contribution in [0.15, 0.2) is 0 Å². The van der Waals surface area contributed by atoms with Gasteiger partial charge in [0.05, 0.1) is 0 Å². The molecule has 1 saturated carbocycles. The molecule has 1 saturated heterocycles. The molecule has 0 aromatic rings. The third kappa shape index (κ3) is 2.28. The first kappa shape index (κ1) is 12.4. The van der Waals surface area contributed by atoms with Gasteiger partial charge in [0, 0.05) is 18.6 Å². The van der Waals surface area contributed by atoms with Gasteiger partial charge in [0.25, 0.3) is 0 Å². The summed E-state index contributed by atoms with van der Waals surface area (Å²) in [6, 6.07) is 1.47. The Bertz CT molecular complexity index is 235. The SMILES string of the molecule is CCC1(CN2CCC(NC)C(C)C2C)CC1. The van der Waals surface area contributed by atoms with Gasteiger partial charge in [-0.2, -0.15) is 0 Å². The average molecular weight is 224 g/mol. The van der Waals surface area contributed by atoms with E-state index in [1.165, 1.54) is 38.8 Å². The number of hydrogen-bond acceptors (Lipinski definition) is 2. The van der Waals surface area contributed by atoms with E-state index in [-0.39, 0.29) is 0 Å². The summed E-state index contributed by atoms with van der Waals surface area (Å²) in [4.78, 5) is 2.75. The third-order valence-corrected chi connectivity index (χ3v) is 5.32. The van der Waals surface area contributed by atoms with Crippen LogP contribution < -0.4 is 5.32 Å². The minimum absolute atomic E-state index is 0.709. The molecular formula is C14H28N2. The molecule has 3 atom stereocenters. The zero-order valence-corrected chi connectivity index (χ0v) is 11.4. The molecule has 0 spiro atoms. The van der Waals surface area contributed by atoms with Crippen LogP contribution in [0, 0.1) is 11.3 Å². The minimum atomic E-state index is 0.709. The second-order valence-corrected chi connectivity index (χ2v) is 6.11. The van der Waals surface area contributed by atoms with Crippen molar-refractivity contribution in [3.05, 3.63) is 0 Å². The van der Waals surface area contributed by atoms with Crippen molar-refractivity contribution >= 4 is 0 Å². The van der Waals surface area contributed by atoms with E-state index in [0.29, 0.717) is 5.41 Å². The van der Waals surface area contributed by atoms with Crippen LogP contribution in [0.1, 0.15) is 46.5 Å². The summed E-state index contributed by atoms with van der Waals surface area (Å²) in [5, 5.41) is 3.47. The Balaban J connectivity index is 1.92. The van der Waals surface area contributed by atoms with Crippen LogP contribution in [0.4, 0.5) is 0 Å². The molecule has 0 amide bonds. The van der Waals surface area contributed by atoms with E-state index in [1.54, 1.807) is 0 Å². The van der Waals surface area contributed by atoms with E-state index in [9.17, 15) is 0 Å². The van der Waals surface area contributed by atoms with Crippen molar-refractivity contribution in [1.29, 1.82) is 0 Å². The van der Waals surface area contributed by atoms with Crippen LogP contribution in [-0.4, -0.2) is 37.1 Å². The van der Waals surface area contributed by atoms with E-state index in [2.05, 4.69) is 38.0 Å². The summed E-state index contributed by atoms with van der Waals surface area (Å²) in [5.41, 5.74) is 0.709. The van der Waals surface area contributed by atoms with Crippen LogP contribution in [0.25, 0.3) is 0 Å². The predicted molar refractivity (Wildman–Crippen MR) is 69.6 cm³/mol. The average Bonchev–Trinajstić information content (AvgIpc) is 3.06. The largest absolute Gasteiger partial charge is 0.317 e. The number of likely N-dealkylation sites (tertiary alicyclic amines) is 1. The van der Waals surface area contributed by atoms with Crippen LogP contribution in [0.3, 0.4) is 0 Å². The van der Waals surface area contributed by atoms with Gasteiger partial charge in [-0.05, 0) is 57.5 Å². The quantitative estimate of drug-likeness (QED) is 0.789. The Morgan fingerprint density at radius 1 is 1.31 bits per heavy atom. The fourth-order valence-electron chi connectivity index (χ4n) is 3.30. The maximum Gasteiger partial charge on any atom is 0.0117 e. The van der Waals surface area contributed by atoms with Crippen LogP contribution >= 0.6 is 0 Å². The minimum Gasteiger partial charge on any atom is -0.317 e. The van der Waals surface area contributed by atoms with Crippen molar-refractivity contribution in [2.24, 2.45) is 11.3 Å². The molecule has 1 aliphatic heterocycles. The second kappa shape index (κ2) is 4.66. The Hall–Kier alpha value is -0.0800. The first-order valence-corrected chi connectivity index (χ1v) is 7.03. The summed E-state index contributed by atoms with van der Waals surface area (Å²) < 4.78 is 0. The molecule has 2 aliphatic rings. The molecule has 0 aromatic heterocycles. The fourth-order valence-corrected chi connectivity index (χ4v) is 3.30. The molecule has 0 aromatic carbocycles. The smallest absolute Gasteiger partial charge is 0.0117 e. The van der Waals surface area contributed by atoms with Crippen molar-refractivity contribution in [2.45, 2.75) is 58.5 Å². The van der Waals surface area contributed by atoms with Gasteiger partial charge in [-0.15, -0.1) is 0 Å². The van der Waals surface area contributed by atoms with Crippen LogP contribution in [0.2, 0.25) is 0 Å². The van der Waals surface area contributed by atoms with E-state index in [0.717, 1.165) is 18.0 Å². The van der Waals surface area contributed by atoms with Crippen molar-refractivity contribution in [1.82, 2.24) is 10.2 Å². The van der Waals surface area contributed by atoms with Crippen molar-refractivity contribution < 1.29 is 0 Å². The van der Waals surface area contributed by atoms with Crippen molar-refractivity contribution in [3.8, 4) is 0 Å². The molecule has 2 rings (SSSR count). The number of hydrogen-bond donors (Lipinski definition) is 1. The lowest BCUT2D eigenvalue weighted by Gasteiger charge is -2.44. The van der Waals surface area contributed by atoms with Gasteiger partial charge in [-0.3, -0.25) is 4.90 Å². The Morgan fingerprint density at radius 2 is 2.00 bits per heavy atom. The highest BCUT2D eigenvalue weighted by molar-refractivity contribution is 4.97. The van der Waals surface area contributed by atoms with Crippen molar-refractivity contribution in [3.63, 3.8) is 0 Å². The second-order valence-electron chi connectivity index (χ2n) is 6.11. The van der Waals surface area contributed by atoms with Gasteiger partial charge < -0.3 is 5.32 Å². The van der Waals surface area contributed by atoms with Gasteiger partial charge in [0.2, 0.25) is 0 Å². The van der Waals surface area contributed by atoms with Gasteiger partial charge in [0.15, 0.2) is 0 Å². The summed E-state index contributed by atoms with van der Waals surface area (Å²) in [5.74, 6) is 0.784. The maximum atomic E-state index is 3.47. The van der Waals surface area contributed by atoms with Crippen molar-refractivity contribution in [2.75, 3.05) is 20.1 Å². The highest BCUT2D eigenvalue weighted by atomic mass is 15.2. The van der Waals surface area contributed by atoms with Gasteiger partial charge in [0.1, 0.15) is 0 Å². The zero-order chi connectivity index (χ0) is 11.8. The Morgan fingerprint density at radius 3 is 2.50 bits per heavy atom. The molecule has 2 fully saturated rings. The fraction of sp³-hybridized carbons (Fsp3) is 1.00. The first-order chi connectivity index (χ1) is 7.62.